The molecule has 1 N–H and O–H groups in total. The summed E-state index contributed by atoms with van der Waals surface area (Å²) in [6.07, 6.45) is -4.33. The van der Waals surface area contributed by atoms with Crippen molar-refractivity contribution in [1.82, 2.24) is 0 Å². The molecule has 0 amide bonds. The van der Waals surface area contributed by atoms with Crippen molar-refractivity contribution < 1.29 is 23.0 Å². The van der Waals surface area contributed by atoms with Gasteiger partial charge in [0.05, 0.1) is 13.2 Å². The number of aryl methyl sites for hydroxylation is 1. The van der Waals surface area contributed by atoms with Gasteiger partial charge in [0.2, 0.25) is 0 Å². The maximum absolute atomic E-state index is 11.9. The molecule has 96 valence electrons. The topological polar surface area (TPSA) is 29.5 Å². The number of hydrogen-bond donors (Lipinski definition) is 1. The fourth-order valence-corrected chi connectivity index (χ4v) is 1.41. The number of benzene rings is 1. The van der Waals surface area contributed by atoms with Gasteiger partial charge in [-0.1, -0.05) is 29.8 Å². The molecular formula is C12H15F3O2. The molecule has 0 aromatic heterocycles. The van der Waals surface area contributed by atoms with E-state index >= 15 is 0 Å². The molecule has 0 bridgehead atoms. The molecule has 1 unspecified atom stereocenters. The van der Waals surface area contributed by atoms with Gasteiger partial charge < -0.3 is 9.84 Å². The van der Waals surface area contributed by atoms with E-state index in [1.807, 2.05) is 19.1 Å². The number of aliphatic hydroxyl groups is 1. The summed E-state index contributed by atoms with van der Waals surface area (Å²) in [5.41, 5.74) is 1.84. The van der Waals surface area contributed by atoms with Crippen LogP contribution >= 0.6 is 0 Å². The molecule has 1 aromatic rings. The van der Waals surface area contributed by atoms with Crippen molar-refractivity contribution >= 4 is 0 Å². The molecule has 0 aliphatic carbocycles. The normalized spacial score (nSPS) is 13.7. The number of aliphatic hydroxyl groups excluding tert-OH is 1. The van der Waals surface area contributed by atoms with Crippen LogP contribution in [0, 0.1) is 6.92 Å². The summed E-state index contributed by atoms with van der Waals surface area (Å²) in [7, 11) is 0. The highest BCUT2D eigenvalue weighted by atomic mass is 19.4. The zero-order valence-electron chi connectivity index (χ0n) is 9.50. The third-order valence-electron chi connectivity index (χ3n) is 2.35. The van der Waals surface area contributed by atoms with Gasteiger partial charge in [-0.3, -0.25) is 0 Å². The number of rotatable bonds is 5. The monoisotopic (exact) mass is 248 g/mol. The Morgan fingerprint density at radius 3 is 2.29 bits per heavy atom. The highest BCUT2D eigenvalue weighted by Crippen LogP contribution is 2.19. The second-order valence-corrected chi connectivity index (χ2v) is 3.92. The van der Waals surface area contributed by atoms with Crippen molar-refractivity contribution in [3.63, 3.8) is 0 Å². The fraction of sp³-hybridized carbons (Fsp3) is 0.500. The summed E-state index contributed by atoms with van der Waals surface area (Å²) in [5.74, 6) is -0.419. The summed E-state index contributed by atoms with van der Waals surface area (Å²) < 4.78 is 40.2. The molecule has 0 aliphatic heterocycles. The zero-order valence-corrected chi connectivity index (χ0v) is 9.50. The molecular weight excluding hydrogens is 233 g/mol. The highest BCUT2D eigenvalue weighted by molar-refractivity contribution is 5.24. The molecule has 5 heteroatoms. The lowest BCUT2D eigenvalue weighted by atomic mass is 10.00. The molecule has 0 saturated heterocycles. The molecule has 1 atom stereocenters. The van der Waals surface area contributed by atoms with Crippen molar-refractivity contribution in [3.05, 3.63) is 35.4 Å². The Morgan fingerprint density at radius 2 is 1.82 bits per heavy atom. The van der Waals surface area contributed by atoms with E-state index in [4.69, 9.17) is 5.11 Å². The summed E-state index contributed by atoms with van der Waals surface area (Å²) in [6.45, 7) is 0.257. The van der Waals surface area contributed by atoms with Crippen molar-refractivity contribution in [1.29, 1.82) is 0 Å². The first kappa shape index (κ1) is 14.0. The van der Waals surface area contributed by atoms with Crippen LogP contribution in [0.1, 0.15) is 17.0 Å². The maximum Gasteiger partial charge on any atom is 0.411 e. The number of ether oxygens (including phenoxy) is 1. The standard InChI is InChI=1S/C12H15F3O2/c1-9-2-4-10(5-3-9)11(6-16)7-17-8-12(13,14)15/h2-5,11,16H,6-8H2,1H3. The maximum atomic E-state index is 11.9. The van der Waals surface area contributed by atoms with Gasteiger partial charge in [0.1, 0.15) is 6.61 Å². The quantitative estimate of drug-likeness (QED) is 0.868. The lowest BCUT2D eigenvalue weighted by Crippen LogP contribution is -2.21. The number of alkyl halides is 3. The van der Waals surface area contributed by atoms with Gasteiger partial charge in [0.15, 0.2) is 0 Å². The third kappa shape index (κ3) is 5.19. The molecule has 0 saturated carbocycles. The molecule has 0 spiro atoms. The summed E-state index contributed by atoms with van der Waals surface area (Å²) in [6, 6.07) is 7.27. The van der Waals surface area contributed by atoms with Gasteiger partial charge in [-0.15, -0.1) is 0 Å². The van der Waals surface area contributed by atoms with Gasteiger partial charge in [-0.2, -0.15) is 13.2 Å². The van der Waals surface area contributed by atoms with Crippen LogP contribution < -0.4 is 0 Å². The van der Waals surface area contributed by atoms with E-state index in [-0.39, 0.29) is 13.2 Å². The van der Waals surface area contributed by atoms with Crippen LogP contribution in [0.25, 0.3) is 0 Å². The first-order chi connectivity index (χ1) is 7.92. The Labute approximate surface area is 98.0 Å². The van der Waals surface area contributed by atoms with E-state index in [1.165, 1.54) is 0 Å². The Kier molecular flexibility index (Phi) is 4.96. The number of halogens is 3. The molecule has 0 aliphatic rings. The molecule has 0 fully saturated rings. The fourth-order valence-electron chi connectivity index (χ4n) is 1.41. The van der Waals surface area contributed by atoms with Crippen LogP contribution in [-0.2, 0) is 4.74 Å². The Bertz CT molecular complexity index is 333. The Morgan fingerprint density at radius 1 is 1.24 bits per heavy atom. The van der Waals surface area contributed by atoms with Crippen LogP contribution in [0.4, 0.5) is 13.2 Å². The van der Waals surface area contributed by atoms with Crippen molar-refractivity contribution in [2.75, 3.05) is 19.8 Å². The van der Waals surface area contributed by atoms with Crippen LogP contribution in [0.15, 0.2) is 24.3 Å². The predicted octanol–water partition coefficient (Wildman–Crippen LogP) is 2.65. The summed E-state index contributed by atoms with van der Waals surface area (Å²) in [4.78, 5) is 0. The second kappa shape index (κ2) is 6.02. The second-order valence-electron chi connectivity index (χ2n) is 3.92. The van der Waals surface area contributed by atoms with E-state index in [0.717, 1.165) is 11.1 Å². The molecule has 0 radical (unpaired) electrons. The minimum atomic E-state index is -4.33. The Balaban J connectivity index is 2.51. The minimum absolute atomic E-state index is 0.140. The predicted molar refractivity (Wildman–Crippen MR) is 57.9 cm³/mol. The van der Waals surface area contributed by atoms with Gasteiger partial charge in [-0.25, -0.2) is 0 Å². The summed E-state index contributed by atoms with van der Waals surface area (Å²) in [5, 5.41) is 9.12. The Hall–Kier alpha value is -1.07. The van der Waals surface area contributed by atoms with Crippen LogP contribution in [0.2, 0.25) is 0 Å². The molecule has 17 heavy (non-hydrogen) atoms. The molecule has 1 rings (SSSR count). The SMILES string of the molecule is Cc1ccc(C(CO)COCC(F)(F)F)cc1. The van der Waals surface area contributed by atoms with Gasteiger partial charge in [-0.05, 0) is 12.5 Å². The smallest absolute Gasteiger partial charge is 0.396 e. The van der Waals surface area contributed by atoms with Crippen molar-refractivity contribution in [2.24, 2.45) is 0 Å². The first-order valence-corrected chi connectivity index (χ1v) is 5.24. The number of hydrogen-bond acceptors (Lipinski definition) is 2. The molecule has 0 heterocycles. The average molecular weight is 248 g/mol. The molecule has 1 aromatic carbocycles. The first-order valence-electron chi connectivity index (χ1n) is 5.24. The molecule has 2 nitrogen and oxygen atoms in total. The van der Waals surface area contributed by atoms with Crippen LogP contribution in [0.5, 0.6) is 0 Å². The van der Waals surface area contributed by atoms with E-state index in [1.54, 1.807) is 12.1 Å². The summed E-state index contributed by atoms with van der Waals surface area (Å²) >= 11 is 0. The van der Waals surface area contributed by atoms with E-state index in [2.05, 4.69) is 4.74 Å². The largest absolute Gasteiger partial charge is 0.411 e. The lowest BCUT2D eigenvalue weighted by Gasteiger charge is -2.16. The average Bonchev–Trinajstić information content (AvgIpc) is 2.24. The zero-order chi connectivity index (χ0) is 12.9. The van der Waals surface area contributed by atoms with Crippen LogP contribution in [0.3, 0.4) is 0 Å². The van der Waals surface area contributed by atoms with E-state index in [0.29, 0.717) is 0 Å². The van der Waals surface area contributed by atoms with E-state index < -0.39 is 18.7 Å². The van der Waals surface area contributed by atoms with E-state index in [9.17, 15) is 13.2 Å². The minimum Gasteiger partial charge on any atom is -0.396 e. The van der Waals surface area contributed by atoms with Crippen LogP contribution in [-0.4, -0.2) is 31.1 Å². The van der Waals surface area contributed by atoms with Crippen molar-refractivity contribution in [2.45, 2.75) is 19.0 Å². The van der Waals surface area contributed by atoms with Gasteiger partial charge in [0.25, 0.3) is 0 Å². The third-order valence-corrected chi connectivity index (χ3v) is 2.35. The lowest BCUT2D eigenvalue weighted by molar-refractivity contribution is -0.175. The highest BCUT2D eigenvalue weighted by Gasteiger charge is 2.28. The van der Waals surface area contributed by atoms with Gasteiger partial charge >= 0.3 is 6.18 Å². The van der Waals surface area contributed by atoms with Crippen molar-refractivity contribution in [3.8, 4) is 0 Å². The van der Waals surface area contributed by atoms with Gasteiger partial charge in [0, 0.05) is 5.92 Å².